The van der Waals surface area contributed by atoms with Crippen molar-refractivity contribution in [2.24, 2.45) is 11.1 Å². The highest BCUT2D eigenvalue weighted by Crippen LogP contribution is 2.20. The number of sulfone groups is 1. The van der Waals surface area contributed by atoms with E-state index in [1.807, 2.05) is 13.8 Å². The molecule has 96 valence electrons. The summed E-state index contributed by atoms with van der Waals surface area (Å²) >= 11 is 0. The fourth-order valence-corrected chi connectivity index (χ4v) is 1.87. The molecule has 0 rings (SSSR count). The maximum absolute atomic E-state index is 11.3. The average Bonchev–Trinajstić information content (AvgIpc) is 2.09. The van der Waals surface area contributed by atoms with E-state index in [4.69, 9.17) is 5.73 Å². The fraction of sp³-hybridized carbons (Fsp3) is 0.900. The number of carbonyl (C=O) groups excluding carboxylic acids is 1. The van der Waals surface area contributed by atoms with Gasteiger partial charge < -0.3 is 11.1 Å². The summed E-state index contributed by atoms with van der Waals surface area (Å²) in [4.78, 5) is 11.3. The Morgan fingerprint density at radius 2 is 1.94 bits per heavy atom. The van der Waals surface area contributed by atoms with Crippen LogP contribution in [0.25, 0.3) is 0 Å². The molecule has 0 fully saturated rings. The molecule has 0 aromatic rings. The minimum absolute atomic E-state index is 0.0491. The van der Waals surface area contributed by atoms with Gasteiger partial charge in [-0.15, -0.1) is 0 Å². The van der Waals surface area contributed by atoms with E-state index in [1.54, 1.807) is 0 Å². The Morgan fingerprint density at radius 1 is 1.38 bits per heavy atom. The van der Waals surface area contributed by atoms with Crippen LogP contribution in [0.4, 0.5) is 0 Å². The summed E-state index contributed by atoms with van der Waals surface area (Å²) in [6.07, 6.45) is 2.85. The lowest BCUT2D eigenvalue weighted by molar-refractivity contribution is -0.119. The largest absolute Gasteiger partial charge is 0.355 e. The van der Waals surface area contributed by atoms with Crippen LogP contribution in [-0.4, -0.2) is 39.4 Å². The van der Waals surface area contributed by atoms with Gasteiger partial charge in [-0.25, -0.2) is 8.42 Å². The number of hydrogen-bond donors (Lipinski definition) is 2. The quantitative estimate of drug-likeness (QED) is 0.661. The molecule has 6 heteroatoms. The predicted molar refractivity (Wildman–Crippen MR) is 64.8 cm³/mol. The molecule has 0 spiro atoms. The molecule has 5 nitrogen and oxygen atoms in total. The first-order valence-corrected chi connectivity index (χ1v) is 7.37. The van der Waals surface area contributed by atoms with Gasteiger partial charge in [-0.3, -0.25) is 4.79 Å². The van der Waals surface area contributed by atoms with E-state index >= 15 is 0 Å². The Morgan fingerprint density at radius 3 is 2.38 bits per heavy atom. The third-order valence-electron chi connectivity index (χ3n) is 2.22. The van der Waals surface area contributed by atoms with Crippen LogP contribution < -0.4 is 11.1 Å². The Labute approximate surface area is 97.7 Å². The minimum atomic E-state index is -3.24. The van der Waals surface area contributed by atoms with Crippen LogP contribution in [-0.2, 0) is 14.6 Å². The zero-order valence-electron chi connectivity index (χ0n) is 10.2. The zero-order valence-corrected chi connectivity index (χ0v) is 11.1. The van der Waals surface area contributed by atoms with E-state index < -0.39 is 21.5 Å². The summed E-state index contributed by atoms with van der Waals surface area (Å²) in [5, 5.41) is 2.63. The molecule has 0 aliphatic rings. The van der Waals surface area contributed by atoms with Gasteiger partial charge in [0.1, 0.15) is 5.75 Å². The lowest BCUT2D eigenvalue weighted by Crippen LogP contribution is -2.37. The van der Waals surface area contributed by atoms with Crippen LogP contribution in [0.15, 0.2) is 0 Å². The Balaban J connectivity index is 4.00. The third-order valence-corrected chi connectivity index (χ3v) is 3.00. The van der Waals surface area contributed by atoms with Crippen molar-refractivity contribution in [2.45, 2.75) is 26.7 Å². The minimum Gasteiger partial charge on any atom is -0.355 e. The van der Waals surface area contributed by atoms with Gasteiger partial charge in [0.2, 0.25) is 5.91 Å². The monoisotopic (exact) mass is 250 g/mol. The molecule has 16 heavy (non-hydrogen) atoms. The van der Waals surface area contributed by atoms with Crippen LogP contribution in [0.3, 0.4) is 0 Å². The molecular formula is C10H22N2O3S. The van der Waals surface area contributed by atoms with Crippen LogP contribution in [0.5, 0.6) is 0 Å². The molecule has 0 aromatic heterocycles. The van der Waals surface area contributed by atoms with Gasteiger partial charge in [0.05, 0.1) is 0 Å². The average molecular weight is 250 g/mol. The molecule has 0 bridgehead atoms. The number of amides is 1. The molecule has 0 radical (unpaired) electrons. The molecule has 0 aromatic carbocycles. The number of rotatable bonds is 7. The van der Waals surface area contributed by atoms with Crippen molar-refractivity contribution in [3.05, 3.63) is 0 Å². The molecule has 0 unspecified atom stereocenters. The number of nitrogens with two attached hydrogens (primary N) is 1. The van der Waals surface area contributed by atoms with Crippen molar-refractivity contribution >= 4 is 15.7 Å². The number of hydrogen-bond acceptors (Lipinski definition) is 4. The first-order chi connectivity index (χ1) is 7.16. The van der Waals surface area contributed by atoms with E-state index in [-0.39, 0.29) is 5.41 Å². The smallest absolute Gasteiger partial charge is 0.235 e. The Kier molecular flexibility index (Phi) is 5.96. The fourth-order valence-electron chi connectivity index (χ4n) is 1.30. The summed E-state index contributed by atoms with van der Waals surface area (Å²) in [5.41, 5.74) is 5.36. The summed E-state index contributed by atoms with van der Waals surface area (Å²) in [6, 6.07) is 0. The van der Waals surface area contributed by atoms with E-state index in [1.165, 1.54) is 0 Å². The highest BCUT2D eigenvalue weighted by molar-refractivity contribution is 7.91. The first-order valence-electron chi connectivity index (χ1n) is 5.31. The van der Waals surface area contributed by atoms with E-state index in [9.17, 15) is 13.2 Å². The third kappa shape index (κ3) is 8.67. The molecule has 0 aliphatic carbocycles. The topological polar surface area (TPSA) is 89.3 Å². The second-order valence-corrected chi connectivity index (χ2v) is 7.04. The van der Waals surface area contributed by atoms with Gasteiger partial charge >= 0.3 is 0 Å². The standard InChI is InChI=1S/C10H22N2O3S/c1-10(2,5-4-6-11)8-12-9(13)7-16(3,14)15/h4-8,11H2,1-3H3,(H,12,13). The van der Waals surface area contributed by atoms with Gasteiger partial charge in [-0.05, 0) is 24.8 Å². The summed E-state index contributed by atoms with van der Waals surface area (Å²) in [7, 11) is -3.24. The zero-order chi connectivity index (χ0) is 12.8. The van der Waals surface area contributed by atoms with Gasteiger partial charge in [0.15, 0.2) is 9.84 Å². The Bertz CT molecular complexity index is 323. The number of carbonyl (C=O) groups is 1. The molecule has 0 saturated heterocycles. The van der Waals surface area contributed by atoms with Gasteiger partial charge in [0, 0.05) is 12.8 Å². The van der Waals surface area contributed by atoms with Crippen LogP contribution >= 0.6 is 0 Å². The lowest BCUT2D eigenvalue weighted by atomic mass is 9.88. The SMILES string of the molecule is CC(C)(CCCN)CNC(=O)CS(C)(=O)=O. The van der Waals surface area contributed by atoms with Crippen molar-refractivity contribution in [2.75, 3.05) is 25.1 Å². The first kappa shape index (κ1) is 15.4. The van der Waals surface area contributed by atoms with Crippen molar-refractivity contribution in [3.8, 4) is 0 Å². The van der Waals surface area contributed by atoms with Gasteiger partial charge in [0.25, 0.3) is 0 Å². The summed E-state index contributed by atoms with van der Waals surface area (Å²) in [6.45, 7) is 5.13. The maximum atomic E-state index is 11.3. The van der Waals surface area contributed by atoms with Gasteiger partial charge in [-0.1, -0.05) is 13.8 Å². The van der Waals surface area contributed by atoms with E-state index in [0.29, 0.717) is 13.1 Å². The highest BCUT2D eigenvalue weighted by atomic mass is 32.2. The maximum Gasteiger partial charge on any atom is 0.235 e. The Hall–Kier alpha value is -0.620. The van der Waals surface area contributed by atoms with E-state index in [2.05, 4.69) is 5.32 Å². The molecule has 0 atom stereocenters. The lowest BCUT2D eigenvalue weighted by Gasteiger charge is -2.24. The van der Waals surface area contributed by atoms with Crippen molar-refractivity contribution in [1.82, 2.24) is 5.32 Å². The second kappa shape index (κ2) is 6.20. The molecule has 0 saturated carbocycles. The van der Waals surface area contributed by atoms with Crippen molar-refractivity contribution in [1.29, 1.82) is 0 Å². The normalized spacial score (nSPS) is 12.5. The van der Waals surface area contributed by atoms with Crippen LogP contribution in [0.1, 0.15) is 26.7 Å². The summed E-state index contributed by atoms with van der Waals surface area (Å²) in [5.74, 6) is -0.886. The summed E-state index contributed by atoms with van der Waals surface area (Å²) < 4.78 is 21.7. The number of nitrogens with one attached hydrogen (secondary N) is 1. The highest BCUT2D eigenvalue weighted by Gasteiger charge is 2.19. The van der Waals surface area contributed by atoms with Crippen molar-refractivity contribution < 1.29 is 13.2 Å². The molecule has 0 aliphatic heterocycles. The van der Waals surface area contributed by atoms with E-state index in [0.717, 1.165) is 19.1 Å². The van der Waals surface area contributed by atoms with Crippen LogP contribution in [0, 0.1) is 5.41 Å². The molecule has 3 N–H and O–H groups in total. The molecule has 0 heterocycles. The second-order valence-electron chi connectivity index (χ2n) is 4.90. The van der Waals surface area contributed by atoms with Gasteiger partial charge in [-0.2, -0.15) is 0 Å². The van der Waals surface area contributed by atoms with Crippen molar-refractivity contribution in [3.63, 3.8) is 0 Å². The van der Waals surface area contributed by atoms with Crippen LogP contribution in [0.2, 0.25) is 0 Å². The predicted octanol–water partition coefficient (Wildman–Crippen LogP) is -0.0877. The molecule has 1 amide bonds. The molecular weight excluding hydrogens is 228 g/mol.